The average molecular weight is 300 g/mol. The molecule has 1 atom stereocenters. The van der Waals surface area contributed by atoms with E-state index in [2.05, 4.69) is 26.1 Å². The van der Waals surface area contributed by atoms with Crippen molar-refractivity contribution in [1.29, 1.82) is 0 Å². The normalized spacial score (nSPS) is 13.4. The molecule has 0 aliphatic heterocycles. The van der Waals surface area contributed by atoms with Crippen LogP contribution >= 0.6 is 11.6 Å². The number of rotatable bonds is 8. The second-order valence-corrected chi connectivity index (χ2v) is 6.27. The van der Waals surface area contributed by atoms with Crippen molar-refractivity contribution >= 4 is 11.6 Å². The Balaban J connectivity index is 2.66. The van der Waals surface area contributed by atoms with Crippen molar-refractivity contribution < 1.29 is 9.47 Å². The zero-order chi connectivity index (χ0) is 15.0. The summed E-state index contributed by atoms with van der Waals surface area (Å²) in [4.78, 5) is 0. The number of hydrogen-bond acceptors (Lipinski definition) is 3. The van der Waals surface area contributed by atoms with E-state index >= 15 is 0 Å². The molecule has 0 spiro atoms. The van der Waals surface area contributed by atoms with Gasteiger partial charge in [0.2, 0.25) is 0 Å². The van der Waals surface area contributed by atoms with Crippen LogP contribution in [0.25, 0.3) is 0 Å². The van der Waals surface area contributed by atoms with Gasteiger partial charge in [0.15, 0.2) is 0 Å². The highest BCUT2D eigenvalue weighted by atomic mass is 35.5. The molecule has 0 bridgehead atoms. The topological polar surface area (TPSA) is 30.5 Å². The fourth-order valence-electron chi connectivity index (χ4n) is 1.82. The summed E-state index contributed by atoms with van der Waals surface area (Å²) in [6.07, 6.45) is 0.840. The largest absolute Gasteiger partial charge is 0.385 e. The van der Waals surface area contributed by atoms with Gasteiger partial charge >= 0.3 is 0 Å². The molecular formula is C16H26ClNO2. The Morgan fingerprint density at radius 3 is 2.50 bits per heavy atom. The molecule has 114 valence electrons. The third kappa shape index (κ3) is 6.71. The minimum absolute atomic E-state index is 0.0419. The summed E-state index contributed by atoms with van der Waals surface area (Å²) < 4.78 is 11.0. The number of hydrogen-bond donors (Lipinski definition) is 1. The van der Waals surface area contributed by atoms with Gasteiger partial charge in [0.05, 0.1) is 6.10 Å². The van der Waals surface area contributed by atoms with Gasteiger partial charge in [-0.25, -0.2) is 0 Å². The molecule has 1 aromatic rings. The summed E-state index contributed by atoms with van der Waals surface area (Å²) in [6.45, 7) is 8.53. The Hall–Kier alpha value is -0.610. The smallest absolute Gasteiger partial charge is 0.0963 e. The summed E-state index contributed by atoms with van der Waals surface area (Å²) in [5, 5.41) is 4.22. The van der Waals surface area contributed by atoms with Gasteiger partial charge in [-0.2, -0.15) is 0 Å². The number of benzene rings is 1. The number of nitrogens with one attached hydrogen (secondary N) is 1. The predicted molar refractivity (Wildman–Crippen MR) is 84.4 cm³/mol. The van der Waals surface area contributed by atoms with Crippen molar-refractivity contribution in [2.75, 3.05) is 26.9 Å². The number of halogens is 1. The minimum atomic E-state index is -0.0419. The standard InChI is InChI=1S/C16H26ClNO2/c1-16(2,3)18-12-15(20-11-7-10-19-4)13-8-5-6-9-14(13)17/h5-6,8-9,15,18H,7,10-12H2,1-4H3. The summed E-state index contributed by atoms with van der Waals surface area (Å²) in [5.41, 5.74) is 1.08. The maximum atomic E-state index is 6.28. The van der Waals surface area contributed by atoms with E-state index < -0.39 is 0 Å². The van der Waals surface area contributed by atoms with Crippen LogP contribution in [0, 0.1) is 0 Å². The molecule has 0 amide bonds. The quantitative estimate of drug-likeness (QED) is 0.740. The molecular weight excluding hydrogens is 274 g/mol. The summed E-state index contributed by atoms with van der Waals surface area (Å²) in [7, 11) is 1.70. The second-order valence-electron chi connectivity index (χ2n) is 5.86. The van der Waals surface area contributed by atoms with Gasteiger partial charge in [-0.3, -0.25) is 0 Å². The molecule has 20 heavy (non-hydrogen) atoms. The predicted octanol–water partition coefficient (Wildman–Crippen LogP) is 3.82. The fourth-order valence-corrected chi connectivity index (χ4v) is 2.08. The summed E-state index contributed by atoms with van der Waals surface area (Å²) >= 11 is 6.28. The van der Waals surface area contributed by atoms with Crippen LogP contribution in [0.1, 0.15) is 38.9 Å². The van der Waals surface area contributed by atoms with Crippen molar-refractivity contribution in [3.05, 3.63) is 34.9 Å². The molecule has 1 unspecified atom stereocenters. The van der Waals surface area contributed by atoms with Crippen LogP contribution in [0.2, 0.25) is 5.02 Å². The van der Waals surface area contributed by atoms with Crippen LogP contribution in [0.3, 0.4) is 0 Å². The Bertz CT molecular complexity index is 390. The van der Waals surface area contributed by atoms with E-state index in [9.17, 15) is 0 Å². The highest BCUT2D eigenvalue weighted by molar-refractivity contribution is 6.31. The van der Waals surface area contributed by atoms with Crippen molar-refractivity contribution in [1.82, 2.24) is 5.32 Å². The van der Waals surface area contributed by atoms with Crippen molar-refractivity contribution in [3.8, 4) is 0 Å². The van der Waals surface area contributed by atoms with E-state index in [1.807, 2.05) is 24.3 Å². The molecule has 1 aromatic carbocycles. The molecule has 0 saturated carbocycles. The average Bonchev–Trinajstić information content (AvgIpc) is 2.38. The van der Waals surface area contributed by atoms with Gasteiger partial charge in [0, 0.05) is 43.0 Å². The van der Waals surface area contributed by atoms with E-state index in [1.54, 1.807) is 7.11 Å². The van der Waals surface area contributed by atoms with E-state index in [0.717, 1.165) is 23.6 Å². The molecule has 4 heteroatoms. The SMILES string of the molecule is COCCCOC(CNC(C)(C)C)c1ccccc1Cl. The monoisotopic (exact) mass is 299 g/mol. The Morgan fingerprint density at radius 1 is 1.20 bits per heavy atom. The van der Waals surface area contributed by atoms with Crippen LogP contribution in [0.5, 0.6) is 0 Å². The highest BCUT2D eigenvalue weighted by Crippen LogP contribution is 2.25. The van der Waals surface area contributed by atoms with Crippen molar-refractivity contribution in [2.45, 2.75) is 38.8 Å². The Morgan fingerprint density at radius 2 is 1.90 bits per heavy atom. The van der Waals surface area contributed by atoms with E-state index in [4.69, 9.17) is 21.1 Å². The number of ether oxygens (including phenoxy) is 2. The van der Waals surface area contributed by atoms with Crippen molar-refractivity contribution in [2.24, 2.45) is 0 Å². The second kappa shape index (κ2) is 8.63. The van der Waals surface area contributed by atoms with E-state index in [-0.39, 0.29) is 11.6 Å². The molecule has 1 rings (SSSR count). The Labute approximate surface area is 127 Å². The number of methoxy groups -OCH3 is 1. The maximum absolute atomic E-state index is 6.28. The van der Waals surface area contributed by atoms with Crippen LogP contribution in [-0.2, 0) is 9.47 Å². The van der Waals surface area contributed by atoms with E-state index in [1.165, 1.54) is 0 Å². The van der Waals surface area contributed by atoms with Gasteiger partial charge in [0.1, 0.15) is 0 Å². The zero-order valence-corrected chi connectivity index (χ0v) is 13.7. The molecule has 0 aliphatic rings. The minimum Gasteiger partial charge on any atom is -0.385 e. The third-order valence-corrected chi connectivity index (χ3v) is 3.23. The van der Waals surface area contributed by atoms with Crippen LogP contribution in [-0.4, -0.2) is 32.4 Å². The van der Waals surface area contributed by atoms with Gasteiger partial charge in [0.25, 0.3) is 0 Å². The van der Waals surface area contributed by atoms with E-state index in [0.29, 0.717) is 13.2 Å². The highest BCUT2D eigenvalue weighted by Gasteiger charge is 2.18. The molecule has 0 heterocycles. The first-order chi connectivity index (χ1) is 9.44. The third-order valence-electron chi connectivity index (χ3n) is 2.88. The van der Waals surface area contributed by atoms with Crippen LogP contribution in [0.4, 0.5) is 0 Å². The summed E-state index contributed by atoms with van der Waals surface area (Å²) in [6, 6.07) is 7.85. The first-order valence-electron chi connectivity index (χ1n) is 7.04. The summed E-state index contributed by atoms with van der Waals surface area (Å²) in [5.74, 6) is 0. The maximum Gasteiger partial charge on any atom is 0.0963 e. The lowest BCUT2D eigenvalue weighted by atomic mass is 10.1. The Kier molecular flexibility index (Phi) is 7.52. The lowest BCUT2D eigenvalue weighted by molar-refractivity contribution is 0.0353. The van der Waals surface area contributed by atoms with Gasteiger partial charge in [-0.05, 0) is 33.3 Å². The molecule has 0 radical (unpaired) electrons. The fraction of sp³-hybridized carbons (Fsp3) is 0.625. The first kappa shape index (κ1) is 17.4. The van der Waals surface area contributed by atoms with Crippen LogP contribution in [0.15, 0.2) is 24.3 Å². The molecule has 0 saturated heterocycles. The van der Waals surface area contributed by atoms with Crippen molar-refractivity contribution in [3.63, 3.8) is 0 Å². The lowest BCUT2D eigenvalue weighted by Gasteiger charge is -2.26. The molecule has 3 nitrogen and oxygen atoms in total. The van der Waals surface area contributed by atoms with Crippen LogP contribution < -0.4 is 5.32 Å². The molecule has 0 fully saturated rings. The first-order valence-corrected chi connectivity index (χ1v) is 7.42. The molecule has 0 aromatic heterocycles. The molecule has 0 aliphatic carbocycles. The molecule has 1 N–H and O–H groups in total. The lowest BCUT2D eigenvalue weighted by Crippen LogP contribution is -2.39. The van der Waals surface area contributed by atoms with Gasteiger partial charge in [-0.15, -0.1) is 0 Å². The van der Waals surface area contributed by atoms with Gasteiger partial charge in [-0.1, -0.05) is 29.8 Å². The van der Waals surface area contributed by atoms with Gasteiger partial charge < -0.3 is 14.8 Å². The zero-order valence-electron chi connectivity index (χ0n) is 12.9.